The van der Waals surface area contributed by atoms with Gasteiger partial charge in [-0.15, -0.1) is 5.10 Å². The number of nitrogens with zero attached hydrogens (tertiary/aromatic N) is 5. The van der Waals surface area contributed by atoms with Gasteiger partial charge in [-0.2, -0.15) is 4.80 Å². The number of tetrazole rings is 1. The molecule has 0 saturated carbocycles. The first-order valence-electron chi connectivity index (χ1n) is 9.26. The van der Waals surface area contributed by atoms with E-state index in [2.05, 4.69) is 36.5 Å². The lowest BCUT2D eigenvalue weighted by Crippen LogP contribution is -2.49. The number of hydrogen-bond donors (Lipinski definition) is 3. The van der Waals surface area contributed by atoms with Gasteiger partial charge in [0.1, 0.15) is 6.54 Å². The van der Waals surface area contributed by atoms with Crippen molar-refractivity contribution in [1.82, 2.24) is 36.4 Å². The summed E-state index contributed by atoms with van der Waals surface area (Å²) < 4.78 is 0. The maximum Gasteiger partial charge on any atom is 0.266 e. The molecule has 0 radical (unpaired) electrons. The van der Waals surface area contributed by atoms with Crippen LogP contribution in [0.2, 0.25) is 0 Å². The van der Waals surface area contributed by atoms with Crippen LogP contribution in [0.25, 0.3) is 6.08 Å². The zero-order valence-electron chi connectivity index (χ0n) is 15.7. The molecule has 2 heterocycles. The van der Waals surface area contributed by atoms with E-state index in [1.54, 1.807) is 6.08 Å². The third-order valence-electron chi connectivity index (χ3n) is 4.15. The van der Waals surface area contributed by atoms with E-state index in [4.69, 9.17) is 12.2 Å². The smallest absolute Gasteiger partial charge is 0.266 e. The topological polar surface area (TPSA) is 117 Å². The molecule has 0 unspecified atom stereocenters. The molecule has 1 aromatic heterocycles. The molecule has 0 spiro atoms. The third-order valence-corrected chi connectivity index (χ3v) is 4.35. The molecule has 2 aromatic rings. The van der Waals surface area contributed by atoms with E-state index in [1.165, 1.54) is 17.3 Å². The fourth-order valence-electron chi connectivity index (χ4n) is 2.74. The molecule has 0 atom stereocenters. The Balaban J connectivity index is 1.38. The average molecular weight is 414 g/mol. The maximum atomic E-state index is 12.0. The molecule has 152 valence electrons. The van der Waals surface area contributed by atoms with Crippen LogP contribution in [0.3, 0.4) is 0 Å². The molecule has 1 saturated heterocycles. The van der Waals surface area contributed by atoms with Gasteiger partial charge in [0, 0.05) is 19.2 Å². The van der Waals surface area contributed by atoms with E-state index in [0.717, 1.165) is 31.5 Å². The number of carbonyl (C=O) groups is 2. The minimum absolute atomic E-state index is 0.0263. The van der Waals surface area contributed by atoms with Crippen LogP contribution in [0.4, 0.5) is 5.95 Å². The molecule has 3 N–H and O–H groups in total. The minimum atomic E-state index is -0.427. The summed E-state index contributed by atoms with van der Waals surface area (Å²) in [5.41, 5.74) is 5.74. The predicted molar refractivity (Wildman–Crippen MR) is 111 cm³/mol. The van der Waals surface area contributed by atoms with Crippen molar-refractivity contribution >= 4 is 41.2 Å². The van der Waals surface area contributed by atoms with Crippen molar-refractivity contribution in [2.75, 3.05) is 18.0 Å². The quantitative estimate of drug-likeness (QED) is 0.366. The largest absolute Gasteiger partial charge is 0.338 e. The second-order valence-electron chi connectivity index (χ2n) is 6.40. The molecular weight excluding hydrogens is 392 g/mol. The van der Waals surface area contributed by atoms with Gasteiger partial charge in [-0.05, 0) is 48.3 Å². The van der Waals surface area contributed by atoms with Gasteiger partial charge in [0.25, 0.3) is 11.9 Å². The van der Waals surface area contributed by atoms with Crippen LogP contribution in [0, 0.1) is 0 Å². The number of nitrogens with one attached hydrogen (secondary N) is 3. The maximum absolute atomic E-state index is 12.0. The standard InChI is InChI=1S/C18H22N8O2S/c27-15(10-9-14-7-3-1-4-8-14)19-18(29)22-20-16(28)13-26-23-17(21-24-26)25-11-5-2-6-12-25/h1,3-4,7-10H,2,5-6,11-13H2,(H,20,28)(H2,19,22,27,29)/b10-9+. The highest BCUT2D eigenvalue weighted by atomic mass is 32.1. The van der Waals surface area contributed by atoms with Gasteiger partial charge >= 0.3 is 0 Å². The lowest BCUT2D eigenvalue weighted by molar-refractivity contribution is -0.122. The third kappa shape index (κ3) is 6.64. The van der Waals surface area contributed by atoms with Crippen molar-refractivity contribution in [3.8, 4) is 0 Å². The van der Waals surface area contributed by atoms with Crippen LogP contribution < -0.4 is 21.1 Å². The predicted octanol–water partition coefficient (Wildman–Crippen LogP) is 0.399. The lowest BCUT2D eigenvalue weighted by Gasteiger charge is -2.24. The Labute approximate surface area is 173 Å². The van der Waals surface area contributed by atoms with Crippen molar-refractivity contribution in [2.24, 2.45) is 0 Å². The first-order chi connectivity index (χ1) is 14.1. The van der Waals surface area contributed by atoms with Gasteiger partial charge in [-0.3, -0.25) is 25.8 Å². The van der Waals surface area contributed by atoms with Gasteiger partial charge in [0.05, 0.1) is 0 Å². The molecular formula is C18H22N8O2S. The van der Waals surface area contributed by atoms with Crippen LogP contribution in [0.15, 0.2) is 36.4 Å². The summed E-state index contributed by atoms with van der Waals surface area (Å²) in [6, 6.07) is 9.38. The second kappa shape index (κ2) is 10.3. The highest BCUT2D eigenvalue weighted by Crippen LogP contribution is 2.13. The van der Waals surface area contributed by atoms with E-state index < -0.39 is 11.8 Å². The van der Waals surface area contributed by atoms with E-state index in [0.29, 0.717) is 5.95 Å². The summed E-state index contributed by atoms with van der Waals surface area (Å²) >= 11 is 4.98. The van der Waals surface area contributed by atoms with Gasteiger partial charge in [0.15, 0.2) is 5.11 Å². The van der Waals surface area contributed by atoms with Gasteiger partial charge in [-0.1, -0.05) is 35.4 Å². The Hall–Kier alpha value is -3.34. The molecule has 0 bridgehead atoms. The summed E-state index contributed by atoms with van der Waals surface area (Å²) in [5.74, 6) is -0.313. The number of anilines is 1. The molecule has 11 heteroatoms. The van der Waals surface area contributed by atoms with Crippen LogP contribution in [-0.2, 0) is 16.1 Å². The van der Waals surface area contributed by atoms with Crippen molar-refractivity contribution in [3.63, 3.8) is 0 Å². The number of carbonyl (C=O) groups excluding carboxylic acids is 2. The van der Waals surface area contributed by atoms with Gasteiger partial charge < -0.3 is 4.90 Å². The van der Waals surface area contributed by atoms with Crippen LogP contribution in [-0.4, -0.2) is 50.2 Å². The monoisotopic (exact) mass is 414 g/mol. The number of piperidine rings is 1. The summed E-state index contributed by atoms with van der Waals surface area (Å²) in [5, 5.41) is 14.5. The Kier molecular flexibility index (Phi) is 7.22. The Morgan fingerprint density at radius 2 is 1.86 bits per heavy atom. The van der Waals surface area contributed by atoms with Crippen molar-refractivity contribution in [2.45, 2.75) is 25.8 Å². The minimum Gasteiger partial charge on any atom is -0.338 e. The fraction of sp³-hybridized carbons (Fsp3) is 0.333. The molecule has 3 rings (SSSR count). The fourth-order valence-corrected chi connectivity index (χ4v) is 2.89. The van der Waals surface area contributed by atoms with Crippen molar-refractivity contribution < 1.29 is 9.59 Å². The molecule has 29 heavy (non-hydrogen) atoms. The normalized spacial score (nSPS) is 13.9. The average Bonchev–Trinajstić information content (AvgIpc) is 3.20. The number of rotatable bonds is 5. The first-order valence-corrected chi connectivity index (χ1v) is 9.67. The van der Waals surface area contributed by atoms with Gasteiger partial charge in [0.2, 0.25) is 5.91 Å². The van der Waals surface area contributed by atoms with E-state index in [1.807, 2.05) is 30.3 Å². The number of hydrogen-bond acceptors (Lipinski definition) is 7. The number of aromatic nitrogens is 4. The highest BCUT2D eigenvalue weighted by Gasteiger charge is 2.16. The first kappa shape index (κ1) is 20.4. The molecule has 0 aliphatic carbocycles. The lowest BCUT2D eigenvalue weighted by atomic mass is 10.1. The number of benzene rings is 1. The summed E-state index contributed by atoms with van der Waals surface area (Å²) in [6.07, 6.45) is 6.42. The molecule has 1 aliphatic heterocycles. The molecule has 2 amide bonds. The zero-order chi connectivity index (χ0) is 20.5. The van der Waals surface area contributed by atoms with Gasteiger partial charge in [-0.25, -0.2) is 0 Å². The number of amides is 2. The number of thiocarbonyl (C=S) groups is 1. The summed E-state index contributed by atoms with van der Waals surface area (Å²) in [4.78, 5) is 27.1. The zero-order valence-corrected chi connectivity index (χ0v) is 16.6. The van der Waals surface area contributed by atoms with Crippen LogP contribution >= 0.6 is 12.2 Å². The van der Waals surface area contributed by atoms with E-state index in [9.17, 15) is 9.59 Å². The highest BCUT2D eigenvalue weighted by molar-refractivity contribution is 7.80. The molecule has 1 aliphatic rings. The molecule has 1 aromatic carbocycles. The number of hydrazine groups is 1. The Morgan fingerprint density at radius 3 is 2.62 bits per heavy atom. The Bertz CT molecular complexity index is 877. The molecule has 1 fully saturated rings. The summed E-state index contributed by atoms with van der Waals surface area (Å²) in [6.45, 7) is 1.66. The second-order valence-corrected chi connectivity index (χ2v) is 6.81. The SMILES string of the molecule is O=C(/C=C/c1ccccc1)NC(=S)NNC(=O)Cn1nnc(N2CCCCC2)n1. The Morgan fingerprint density at radius 1 is 1.10 bits per heavy atom. The van der Waals surface area contributed by atoms with Crippen molar-refractivity contribution in [1.29, 1.82) is 0 Å². The van der Waals surface area contributed by atoms with Crippen LogP contribution in [0.5, 0.6) is 0 Å². The van der Waals surface area contributed by atoms with E-state index in [-0.39, 0.29) is 11.7 Å². The van der Waals surface area contributed by atoms with Crippen molar-refractivity contribution in [3.05, 3.63) is 42.0 Å². The van der Waals surface area contributed by atoms with E-state index >= 15 is 0 Å². The van der Waals surface area contributed by atoms with Crippen LogP contribution in [0.1, 0.15) is 24.8 Å². The molecule has 10 nitrogen and oxygen atoms in total. The summed E-state index contributed by atoms with van der Waals surface area (Å²) in [7, 11) is 0.